The Kier molecular flexibility index (Phi) is 5.44. The second-order valence-corrected chi connectivity index (χ2v) is 8.98. The lowest BCUT2D eigenvalue weighted by molar-refractivity contribution is -0.134. The van der Waals surface area contributed by atoms with Crippen LogP contribution >= 0.6 is 23.7 Å². The van der Waals surface area contributed by atoms with Crippen LogP contribution in [-0.2, 0) is 4.79 Å². The number of carbonyl (C=O) groups is 1. The Labute approximate surface area is 159 Å². The summed E-state index contributed by atoms with van der Waals surface area (Å²) in [5.74, 6) is 2.27. The van der Waals surface area contributed by atoms with Crippen molar-refractivity contribution in [2.24, 2.45) is 11.8 Å². The van der Waals surface area contributed by atoms with Crippen molar-refractivity contribution in [3.63, 3.8) is 0 Å². The molecule has 1 amide bonds. The zero-order chi connectivity index (χ0) is 17.2. The number of nitrogens with one attached hydrogen (secondary N) is 1. The molecule has 134 valence electrons. The molecule has 3 atom stereocenters. The van der Waals surface area contributed by atoms with E-state index in [2.05, 4.69) is 46.2 Å². The van der Waals surface area contributed by atoms with Gasteiger partial charge < -0.3 is 4.90 Å². The van der Waals surface area contributed by atoms with Crippen molar-refractivity contribution in [1.29, 1.82) is 0 Å². The van der Waals surface area contributed by atoms with E-state index < -0.39 is 0 Å². The molecule has 0 aromatic heterocycles. The summed E-state index contributed by atoms with van der Waals surface area (Å²) in [5, 5.41) is 0. The molecule has 2 fully saturated rings. The van der Waals surface area contributed by atoms with Crippen LogP contribution in [0.4, 0.5) is 0 Å². The zero-order valence-electron chi connectivity index (χ0n) is 14.7. The summed E-state index contributed by atoms with van der Waals surface area (Å²) in [6.07, 6.45) is 6.55. The molecular weight excluding hydrogens is 348 g/mol. The maximum absolute atomic E-state index is 13.0. The summed E-state index contributed by atoms with van der Waals surface area (Å²) >= 11 is 3.65. The van der Waals surface area contributed by atoms with Crippen LogP contribution in [0.5, 0.6) is 0 Å². The van der Waals surface area contributed by atoms with Crippen LogP contribution in [0.15, 0.2) is 35.2 Å². The minimum atomic E-state index is 0.229. The first kappa shape index (κ1) is 17.5. The standard InChI is InChI=1S/C20H26N2OS2/c1-24-21-15-8-5-10-22(13-15)20(23)18-12-17(18)19-16(9-11-25-19)14-6-3-2-4-7-14/h2-4,6-7,15,17-18,21H,5,8-13H2,1H3. The van der Waals surface area contributed by atoms with Crippen molar-refractivity contribution < 1.29 is 4.79 Å². The van der Waals surface area contributed by atoms with Crippen LogP contribution in [0.2, 0.25) is 0 Å². The van der Waals surface area contributed by atoms with Gasteiger partial charge in [-0.2, -0.15) is 0 Å². The number of benzene rings is 1. The minimum Gasteiger partial charge on any atom is -0.341 e. The maximum atomic E-state index is 13.0. The van der Waals surface area contributed by atoms with E-state index in [1.807, 2.05) is 11.8 Å². The van der Waals surface area contributed by atoms with Crippen molar-refractivity contribution in [2.75, 3.05) is 25.1 Å². The topological polar surface area (TPSA) is 32.3 Å². The highest BCUT2D eigenvalue weighted by atomic mass is 32.2. The van der Waals surface area contributed by atoms with E-state index in [0.717, 1.165) is 32.4 Å². The van der Waals surface area contributed by atoms with Gasteiger partial charge in [0.1, 0.15) is 0 Å². The number of hydrogen-bond donors (Lipinski definition) is 1. The molecular formula is C20H26N2OS2. The number of hydrogen-bond acceptors (Lipinski definition) is 4. The fourth-order valence-electron chi connectivity index (χ4n) is 4.16. The molecule has 1 saturated carbocycles. The summed E-state index contributed by atoms with van der Waals surface area (Å²) in [7, 11) is 0. The van der Waals surface area contributed by atoms with Gasteiger partial charge in [0.15, 0.2) is 0 Å². The third-order valence-electron chi connectivity index (χ3n) is 5.49. The Hall–Kier alpha value is -0.910. The van der Waals surface area contributed by atoms with Crippen LogP contribution in [0.3, 0.4) is 0 Å². The Morgan fingerprint density at radius 3 is 2.96 bits per heavy atom. The van der Waals surface area contributed by atoms with E-state index in [9.17, 15) is 4.79 Å². The summed E-state index contributed by atoms with van der Waals surface area (Å²) in [6, 6.07) is 11.2. The fourth-order valence-corrected chi connectivity index (χ4v) is 6.08. The highest BCUT2D eigenvalue weighted by Gasteiger charge is 2.49. The third kappa shape index (κ3) is 3.79. The van der Waals surface area contributed by atoms with Crippen molar-refractivity contribution in [3.8, 4) is 0 Å². The molecule has 1 aromatic carbocycles. The average Bonchev–Trinajstić information content (AvgIpc) is 3.30. The lowest BCUT2D eigenvalue weighted by Gasteiger charge is -2.33. The molecule has 1 N–H and O–H groups in total. The quantitative estimate of drug-likeness (QED) is 0.789. The van der Waals surface area contributed by atoms with Crippen molar-refractivity contribution >= 4 is 35.2 Å². The van der Waals surface area contributed by atoms with Gasteiger partial charge in [-0.05, 0) is 48.0 Å². The largest absolute Gasteiger partial charge is 0.341 e. The SMILES string of the molecule is CSNC1CCCN(C(=O)C2CC2C2=C(c3ccccc3)CCS2)C1. The van der Waals surface area contributed by atoms with Crippen LogP contribution in [0.1, 0.15) is 31.2 Å². The van der Waals surface area contributed by atoms with Crippen molar-refractivity contribution in [2.45, 2.75) is 31.7 Å². The van der Waals surface area contributed by atoms with E-state index >= 15 is 0 Å². The Morgan fingerprint density at radius 1 is 1.32 bits per heavy atom. The highest BCUT2D eigenvalue weighted by molar-refractivity contribution is 8.03. The lowest BCUT2D eigenvalue weighted by Crippen LogP contribution is -2.47. The normalized spacial score (nSPS) is 29.2. The fraction of sp³-hybridized carbons (Fsp3) is 0.550. The molecule has 1 aliphatic carbocycles. The Morgan fingerprint density at radius 2 is 2.16 bits per heavy atom. The third-order valence-corrected chi connectivity index (χ3v) is 7.33. The number of nitrogens with zero attached hydrogens (tertiary/aromatic N) is 1. The van der Waals surface area contributed by atoms with Gasteiger partial charge in [0.25, 0.3) is 0 Å². The second-order valence-electron chi connectivity index (χ2n) is 7.20. The number of thioether (sulfide) groups is 1. The number of rotatable bonds is 5. The first-order valence-electron chi connectivity index (χ1n) is 9.26. The highest BCUT2D eigenvalue weighted by Crippen LogP contribution is 2.55. The van der Waals surface area contributed by atoms with Crippen LogP contribution in [0.25, 0.3) is 5.57 Å². The first-order valence-corrected chi connectivity index (χ1v) is 11.5. The molecule has 0 bridgehead atoms. The molecule has 5 heteroatoms. The summed E-state index contributed by atoms with van der Waals surface area (Å²) in [6.45, 7) is 1.81. The average molecular weight is 375 g/mol. The van der Waals surface area contributed by atoms with Gasteiger partial charge in [0.2, 0.25) is 5.91 Å². The molecule has 25 heavy (non-hydrogen) atoms. The van der Waals surface area contributed by atoms with Gasteiger partial charge in [0, 0.05) is 36.7 Å². The van der Waals surface area contributed by atoms with E-state index in [-0.39, 0.29) is 5.92 Å². The molecule has 3 aliphatic rings. The zero-order valence-corrected chi connectivity index (χ0v) is 16.4. The van der Waals surface area contributed by atoms with E-state index in [0.29, 0.717) is 17.9 Å². The van der Waals surface area contributed by atoms with Gasteiger partial charge in [-0.15, -0.1) is 11.8 Å². The summed E-state index contributed by atoms with van der Waals surface area (Å²) in [4.78, 5) is 16.6. The van der Waals surface area contributed by atoms with Gasteiger partial charge >= 0.3 is 0 Å². The summed E-state index contributed by atoms with van der Waals surface area (Å²) < 4.78 is 3.43. The van der Waals surface area contributed by atoms with Gasteiger partial charge in [-0.1, -0.05) is 42.3 Å². The van der Waals surface area contributed by atoms with E-state index in [1.54, 1.807) is 11.9 Å². The summed E-state index contributed by atoms with van der Waals surface area (Å²) in [5.41, 5.74) is 2.84. The smallest absolute Gasteiger partial charge is 0.226 e. The van der Waals surface area contributed by atoms with Gasteiger partial charge in [-0.3, -0.25) is 9.52 Å². The molecule has 2 heterocycles. The molecule has 2 aliphatic heterocycles. The maximum Gasteiger partial charge on any atom is 0.226 e. The number of piperidine rings is 1. The first-order chi connectivity index (χ1) is 12.3. The van der Waals surface area contributed by atoms with E-state index in [4.69, 9.17) is 0 Å². The van der Waals surface area contributed by atoms with E-state index in [1.165, 1.54) is 28.2 Å². The lowest BCUT2D eigenvalue weighted by atomic mass is 10.0. The van der Waals surface area contributed by atoms with Crippen LogP contribution in [0, 0.1) is 11.8 Å². The van der Waals surface area contributed by atoms with Crippen molar-refractivity contribution in [3.05, 3.63) is 40.8 Å². The number of amides is 1. The van der Waals surface area contributed by atoms with Gasteiger partial charge in [0.05, 0.1) is 0 Å². The van der Waals surface area contributed by atoms with Crippen LogP contribution < -0.4 is 4.72 Å². The molecule has 3 nitrogen and oxygen atoms in total. The predicted octanol–water partition coefficient (Wildman–Crippen LogP) is 4.03. The monoisotopic (exact) mass is 374 g/mol. The Bertz CT molecular complexity index is 659. The molecule has 0 spiro atoms. The Balaban J connectivity index is 1.44. The molecule has 1 saturated heterocycles. The molecule has 0 radical (unpaired) electrons. The number of allylic oxidation sites excluding steroid dienone is 2. The molecule has 3 unspecified atom stereocenters. The molecule has 4 rings (SSSR count). The van der Waals surface area contributed by atoms with Gasteiger partial charge in [-0.25, -0.2) is 0 Å². The predicted molar refractivity (Wildman–Crippen MR) is 108 cm³/mol. The number of carbonyl (C=O) groups excluding carboxylic acids is 1. The minimum absolute atomic E-state index is 0.229. The second kappa shape index (κ2) is 7.77. The molecule has 1 aromatic rings. The van der Waals surface area contributed by atoms with Crippen molar-refractivity contribution in [1.82, 2.24) is 9.62 Å². The number of likely N-dealkylation sites (tertiary alicyclic amines) is 1. The van der Waals surface area contributed by atoms with Crippen LogP contribution in [-0.4, -0.2) is 41.9 Å².